The van der Waals surface area contributed by atoms with Gasteiger partial charge in [0.05, 0.1) is 5.69 Å². The summed E-state index contributed by atoms with van der Waals surface area (Å²) in [6, 6.07) is 0.651. The second-order valence-electron chi connectivity index (χ2n) is 6.39. The second kappa shape index (κ2) is 8.46. The topological polar surface area (TPSA) is 29.9 Å². The summed E-state index contributed by atoms with van der Waals surface area (Å²) >= 11 is 0. The molecule has 116 valence electrons. The van der Waals surface area contributed by atoms with Crippen molar-refractivity contribution in [2.45, 2.75) is 72.8 Å². The third kappa shape index (κ3) is 5.28. The maximum atomic E-state index is 4.52. The van der Waals surface area contributed by atoms with E-state index in [1.807, 2.05) is 11.7 Å². The van der Waals surface area contributed by atoms with Crippen molar-refractivity contribution in [3.63, 3.8) is 0 Å². The van der Waals surface area contributed by atoms with Gasteiger partial charge in [-0.1, -0.05) is 33.6 Å². The first kappa shape index (κ1) is 17.2. The summed E-state index contributed by atoms with van der Waals surface area (Å²) in [5.74, 6) is 0.820. The van der Waals surface area contributed by atoms with Crippen molar-refractivity contribution < 1.29 is 0 Å². The zero-order valence-electron chi connectivity index (χ0n) is 14.3. The molecule has 0 radical (unpaired) electrons. The molecule has 0 bridgehead atoms. The zero-order valence-corrected chi connectivity index (χ0v) is 14.3. The van der Waals surface area contributed by atoms with Gasteiger partial charge >= 0.3 is 0 Å². The van der Waals surface area contributed by atoms with Gasteiger partial charge in [-0.15, -0.1) is 0 Å². The van der Waals surface area contributed by atoms with E-state index in [0.29, 0.717) is 6.04 Å². The standard InChI is InChI=1S/C17H33N3/c1-7-18-16(10-8-9-13(2)3)11-12-17-14(4)19-20(6)15(17)5/h13,16,18H,7-12H2,1-6H3. The smallest absolute Gasteiger partial charge is 0.0628 e. The van der Waals surface area contributed by atoms with Crippen LogP contribution in [0.15, 0.2) is 0 Å². The van der Waals surface area contributed by atoms with Gasteiger partial charge in [-0.2, -0.15) is 5.10 Å². The van der Waals surface area contributed by atoms with E-state index in [0.717, 1.165) is 18.9 Å². The van der Waals surface area contributed by atoms with Gasteiger partial charge in [0.15, 0.2) is 0 Å². The molecule has 0 aliphatic rings. The highest BCUT2D eigenvalue weighted by molar-refractivity contribution is 5.24. The van der Waals surface area contributed by atoms with Crippen molar-refractivity contribution in [1.82, 2.24) is 15.1 Å². The molecular formula is C17H33N3. The van der Waals surface area contributed by atoms with Crippen LogP contribution in [-0.4, -0.2) is 22.4 Å². The predicted octanol–water partition coefficient (Wildman–Crippen LogP) is 3.77. The molecule has 0 saturated carbocycles. The monoisotopic (exact) mass is 279 g/mol. The van der Waals surface area contributed by atoms with E-state index >= 15 is 0 Å². The molecule has 3 heteroatoms. The summed E-state index contributed by atoms with van der Waals surface area (Å²) in [5, 5.41) is 8.16. The lowest BCUT2D eigenvalue weighted by Crippen LogP contribution is -2.29. The first-order chi connectivity index (χ1) is 9.45. The van der Waals surface area contributed by atoms with Crippen LogP contribution in [0, 0.1) is 19.8 Å². The summed E-state index contributed by atoms with van der Waals surface area (Å²) in [5.41, 5.74) is 3.96. The Kier molecular flexibility index (Phi) is 7.28. The molecular weight excluding hydrogens is 246 g/mol. The molecule has 1 aromatic rings. The van der Waals surface area contributed by atoms with Gasteiger partial charge in [0.25, 0.3) is 0 Å². The molecule has 1 heterocycles. The van der Waals surface area contributed by atoms with Gasteiger partial charge in [-0.25, -0.2) is 0 Å². The molecule has 0 saturated heterocycles. The molecule has 0 aliphatic carbocycles. The van der Waals surface area contributed by atoms with Crippen molar-refractivity contribution in [2.75, 3.05) is 6.54 Å². The van der Waals surface area contributed by atoms with Gasteiger partial charge in [0.2, 0.25) is 0 Å². The summed E-state index contributed by atoms with van der Waals surface area (Å²) in [7, 11) is 2.04. The summed E-state index contributed by atoms with van der Waals surface area (Å²) in [6.45, 7) is 12.2. The average molecular weight is 279 g/mol. The van der Waals surface area contributed by atoms with Gasteiger partial charge in [0.1, 0.15) is 0 Å². The van der Waals surface area contributed by atoms with Crippen molar-refractivity contribution in [3.05, 3.63) is 17.0 Å². The number of hydrogen-bond donors (Lipinski definition) is 1. The van der Waals surface area contributed by atoms with E-state index < -0.39 is 0 Å². The van der Waals surface area contributed by atoms with Crippen LogP contribution < -0.4 is 5.32 Å². The number of aromatic nitrogens is 2. The Hall–Kier alpha value is -0.830. The van der Waals surface area contributed by atoms with E-state index in [1.165, 1.54) is 42.6 Å². The lowest BCUT2D eigenvalue weighted by Gasteiger charge is -2.18. The molecule has 1 N–H and O–H groups in total. The predicted molar refractivity (Wildman–Crippen MR) is 87.2 cm³/mol. The minimum absolute atomic E-state index is 0.651. The maximum Gasteiger partial charge on any atom is 0.0628 e. The lowest BCUT2D eigenvalue weighted by molar-refractivity contribution is 0.424. The van der Waals surface area contributed by atoms with Crippen molar-refractivity contribution in [2.24, 2.45) is 13.0 Å². The largest absolute Gasteiger partial charge is 0.314 e. The fraction of sp³-hybridized carbons (Fsp3) is 0.824. The third-order valence-corrected chi connectivity index (χ3v) is 4.23. The average Bonchev–Trinajstić information content (AvgIpc) is 2.60. The van der Waals surface area contributed by atoms with Crippen LogP contribution in [0.25, 0.3) is 0 Å². The first-order valence-corrected chi connectivity index (χ1v) is 8.18. The quantitative estimate of drug-likeness (QED) is 0.745. The molecule has 1 rings (SSSR count). The molecule has 0 amide bonds. The van der Waals surface area contributed by atoms with Crippen LogP contribution in [0.1, 0.15) is 63.4 Å². The van der Waals surface area contributed by atoms with E-state index in [-0.39, 0.29) is 0 Å². The summed E-state index contributed by atoms with van der Waals surface area (Å²) in [6.07, 6.45) is 6.34. The Labute approximate surface area is 125 Å². The van der Waals surface area contributed by atoms with Crippen molar-refractivity contribution >= 4 is 0 Å². The molecule has 3 nitrogen and oxygen atoms in total. The highest BCUT2D eigenvalue weighted by Crippen LogP contribution is 2.17. The fourth-order valence-electron chi connectivity index (χ4n) is 2.91. The van der Waals surface area contributed by atoms with Gasteiger partial charge < -0.3 is 5.32 Å². The van der Waals surface area contributed by atoms with E-state index in [2.05, 4.69) is 45.0 Å². The molecule has 0 spiro atoms. The summed E-state index contributed by atoms with van der Waals surface area (Å²) in [4.78, 5) is 0. The third-order valence-electron chi connectivity index (χ3n) is 4.23. The Bertz CT molecular complexity index is 393. The minimum Gasteiger partial charge on any atom is -0.314 e. The van der Waals surface area contributed by atoms with Gasteiger partial charge in [-0.3, -0.25) is 4.68 Å². The van der Waals surface area contributed by atoms with Gasteiger partial charge in [0, 0.05) is 18.8 Å². The fourth-order valence-corrected chi connectivity index (χ4v) is 2.91. The number of aryl methyl sites for hydroxylation is 2. The van der Waals surface area contributed by atoms with Crippen molar-refractivity contribution in [1.29, 1.82) is 0 Å². The Morgan fingerprint density at radius 1 is 1.15 bits per heavy atom. The molecule has 1 unspecified atom stereocenters. The normalized spacial score (nSPS) is 13.2. The van der Waals surface area contributed by atoms with Crippen LogP contribution >= 0.6 is 0 Å². The SMILES string of the molecule is CCNC(CCCC(C)C)CCc1c(C)nn(C)c1C. The van der Waals surface area contributed by atoms with Crippen LogP contribution in [0.3, 0.4) is 0 Å². The minimum atomic E-state index is 0.651. The van der Waals surface area contributed by atoms with Crippen LogP contribution in [0.4, 0.5) is 0 Å². The Balaban J connectivity index is 2.49. The van der Waals surface area contributed by atoms with Crippen LogP contribution in [0.2, 0.25) is 0 Å². The molecule has 1 aromatic heterocycles. The molecule has 1 atom stereocenters. The number of nitrogens with zero attached hydrogens (tertiary/aromatic N) is 2. The highest BCUT2D eigenvalue weighted by Gasteiger charge is 2.13. The molecule has 0 fully saturated rings. The number of nitrogens with one attached hydrogen (secondary N) is 1. The second-order valence-corrected chi connectivity index (χ2v) is 6.39. The van der Waals surface area contributed by atoms with E-state index in [1.54, 1.807) is 0 Å². The molecule has 20 heavy (non-hydrogen) atoms. The molecule has 0 aliphatic heterocycles. The zero-order chi connectivity index (χ0) is 15.1. The maximum absolute atomic E-state index is 4.52. The molecule has 0 aromatic carbocycles. The van der Waals surface area contributed by atoms with Crippen LogP contribution in [0.5, 0.6) is 0 Å². The number of rotatable bonds is 9. The Morgan fingerprint density at radius 3 is 2.35 bits per heavy atom. The lowest BCUT2D eigenvalue weighted by atomic mass is 9.97. The van der Waals surface area contributed by atoms with Crippen molar-refractivity contribution in [3.8, 4) is 0 Å². The van der Waals surface area contributed by atoms with E-state index in [4.69, 9.17) is 0 Å². The first-order valence-electron chi connectivity index (χ1n) is 8.18. The van der Waals surface area contributed by atoms with Crippen LogP contribution in [-0.2, 0) is 13.5 Å². The highest BCUT2D eigenvalue weighted by atomic mass is 15.3. The Morgan fingerprint density at radius 2 is 1.85 bits per heavy atom. The summed E-state index contributed by atoms with van der Waals surface area (Å²) < 4.78 is 2.01. The number of hydrogen-bond acceptors (Lipinski definition) is 2. The van der Waals surface area contributed by atoms with Gasteiger partial charge in [-0.05, 0) is 51.1 Å². The van der Waals surface area contributed by atoms with E-state index in [9.17, 15) is 0 Å².